The van der Waals surface area contributed by atoms with Crippen LogP contribution in [0.15, 0.2) is 12.5 Å². The van der Waals surface area contributed by atoms with Gasteiger partial charge in [-0.2, -0.15) is 0 Å². The Morgan fingerprint density at radius 2 is 2.25 bits per heavy atom. The van der Waals surface area contributed by atoms with Crippen molar-refractivity contribution in [2.45, 2.75) is 70.6 Å². The molecule has 1 aliphatic carbocycles. The molecule has 1 aromatic rings. The Bertz CT molecular complexity index is 404. The molecule has 0 radical (unpaired) electrons. The molecule has 2 fully saturated rings. The van der Waals surface area contributed by atoms with Gasteiger partial charge in [0, 0.05) is 37.9 Å². The maximum atomic E-state index is 4.34. The number of aromatic nitrogens is 2. The van der Waals surface area contributed by atoms with Crippen molar-refractivity contribution in [2.24, 2.45) is 0 Å². The van der Waals surface area contributed by atoms with E-state index in [1.165, 1.54) is 57.3 Å². The average Bonchev–Trinajstić information content (AvgIpc) is 3.23. The highest BCUT2D eigenvalue weighted by atomic mass is 15.2. The fourth-order valence-electron chi connectivity index (χ4n) is 3.28. The number of nitrogens with zero attached hydrogens (tertiary/aromatic N) is 3. The molecular formula is C16H28N4. The SMILES string of the molecule is CCCn1cncc1CN(CC1CCCCN1)C1CC1. The highest BCUT2D eigenvalue weighted by molar-refractivity contribution is 5.01. The van der Waals surface area contributed by atoms with Gasteiger partial charge in [-0.3, -0.25) is 4.90 Å². The molecule has 1 aromatic heterocycles. The molecular weight excluding hydrogens is 248 g/mol. The molecule has 112 valence electrons. The Balaban J connectivity index is 1.60. The summed E-state index contributed by atoms with van der Waals surface area (Å²) < 4.78 is 2.32. The van der Waals surface area contributed by atoms with Crippen LogP contribution in [0.1, 0.15) is 51.1 Å². The van der Waals surface area contributed by atoms with E-state index in [1.54, 1.807) is 0 Å². The van der Waals surface area contributed by atoms with Crippen LogP contribution in [0.2, 0.25) is 0 Å². The second-order valence-corrected chi connectivity index (χ2v) is 6.39. The summed E-state index contributed by atoms with van der Waals surface area (Å²) in [6.45, 7) is 6.81. The van der Waals surface area contributed by atoms with Crippen molar-refractivity contribution in [3.05, 3.63) is 18.2 Å². The van der Waals surface area contributed by atoms with Crippen molar-refractivity contribution in [1.29, 1.82) is 0 Å². The average molecular weight is 276 g/mol. The van der Waals surface area contributed by atoms with Gasteiger partial charge in [-0.15, -0.1) is 0 Å². The number of nitrogens with one attached hydrogen (secondary N) is 1. The quantitative estimate of drug-likeness (QED) is 0.830. The molecule has 0 spiro atoms. The lowest BCUT2D eigenvalue weighted by Gasteiger charge is -2.30. The number of piperidine rings is 1. The molecule has 0 amide bonds. The van der Waals surface area contributed by atoms with E-state index in [1.807, 2.05) is 6.33 Å². The fraction of sp³-hybridized carbons (Fsp3) is 0.812. The molecule has 1 saturated heterocycles. The van der Waals surface area contributed by atoms with E-state index in [0.29, 0.717) is 6.04 Å². The third-order valence-corrected chi connectivity index (χ3v) is 4.56. The summed E-state index contributed by atoms with van der Waals surface area (Å²) in [4.78, 5) is 7.03. The van der Waals surface area contributed by atoms with Crippen molar-refractivity contribution in [2.75, 3.05) is 13.1 Å². The van der Waals surface area contributed by atoms with E-state index in [4.69, 9.17) is 0 Å². The van der Waals surface area contributed by atoms with Crippen molar-refractivity contribution < 1.29 is 0 Å². The summed E-state index contributed by atoms with van der Waals surface area (Å²) in [5.74, 6) is 0. The molecule has 1 unspecified atom stereocenters. The van der Waals surface area contributed by atoms with Crippen LogP contribution in [0, 0.1) is 0 Å². The van der Waals surface area contributed by atoms with Crippen molar-refractivity contribution >= 4 is 0 Å². The second-order valence-electron chi connectivity index (χ2n) is 6.39. The van der Waals surface area contributed by atoms with Gasteiger partial charge in [-0.05, 0) is 38.6 Å². The Morgan fingerprint density at radius 3 is 2.95 bits per heavy atom. The lowest BCUT2D eigenvalue weighted by Crippen LogP contribution is -2.44. The summed E-state index contributed by atoms with van der Waals surface area (Å²) in [5.41, 5.74) is 1.38. The van der Waals surface area contributed by atoms with Gasteiger partial charge in [0.15, 0.2) is 0 Å². The van der Waals surface area contributed by atoms with E-state index < -0.39 is 0 Å². The summed E-state index contributed by atoms with van der Waals surface area (Å²) >= 11 is 0. The lowest BCUT2D eigenvalue weighted by molar-refractivity contribution is 0.204. The zero-order valence-electron chi connectivity index (χ0n) is 12.7. The summed E-state index contributed by atoms with van der Waals surface area (Å²) in [6.07, 6.45) is 12.1. The van der Waals surface area contributed by atoms with E-state index in [0.717, 1.165) is 19.1 Å². The zero-order chi connectivity index (χ0) is 13.8. The van der Waals surface area contributed by atoms with E-state index >= 15 is 0 Å². The van der Waals surface area contributed by atoms with Crippen molar-refractivity contribution in [3.63, 3.8) is 0 Å². The number of hydrogen-bond acceptors (Lipinski definition) is 3. The number of aryl methyl sites for hydroxylation is 1. The topological polar surface area (TPSA) is 33.1 Å². The minimum Gasteiger partial charge on any atom is -0.333 e. The standard InChI is InChI=1S/C16H28N4/c1-2-9-19-13-17-10-16(19)12-20(15-6-7-15)11-14-5-3-4-8-18-14/h10,13-15,18H,2-9,11-12H2,1H3. The largest absolute Gasteiger partial charge is 0.333 e. The van der Waals surface area contributed by atoms with Gasteiger partial charge >= 0.3 is 0 Å². The Labute approximate surface area is 122 Å². The van der Waals surface area contributed by atoms with Crippen LogP contribution in [-0.4, -0.2) is 39.6 Å². The van der Waals surface area contributed by atoms with E-state index in [9.17, 15) is 0 Å². The van der Waals surface area contributed by atoms with Crippen molar-refractivity contribution in [3.8, 4) is 0 Å². The lowest BCUT2D eigenvalue weighted by atomic mass is 10.0. The minimum absolute atomic E-state index is 0.701. The van der Waals surface area contributed by atoms with Gasteiger partial charge in [0.2, 0.25) is 0 Å². The molecule has 0 bridgehead atoms. The summed E-state index contributed by atoms with van der Waals surface area (Å²) in [6, 6.07) is 1.52. The molecule has 0 aromatic carbocycles. The highest BCUT2D eigenvalue weighted by Crippen LogP contribution is 2.29. The Hall–Kier alpha value is -0.870. The Kier molecular flexibility index (Phi) is 4.73. The van der Waals surface area contributed by atoms with Gasteiger partial charge in [-0.25, -0.2) is 4.98 Å². The molecule has 2 heterocycles. The van der Waals surface area contributed by atoms with Crippen LogP contribution >= 0.6 is 0 Å². The molecule has 1 saturated carbocycles. The van der Waals surface area contributed by atoms with Crippen LogP contribution in [0.3, 0.4) is 0 Å². The van der Waals surface area contributed by atoms with Crippen molar-refractivity contribution in [1.82, 2.24) is 19.8 Å². The van der Waals surface area contributed by atoms with Gasteiger partial charge < -0.3 is 9.88 Å². The molecule has 4 nitrogen and oxygen atoms in total. The third-order valence-electron chi connectivity index (χ3n) is 4.56. The number of hydrogen-bond donors (Lipinski definition) is 1. The van der Waals surface area contributed by atoms with Crippen LogP contribution in [-0.2, 0) is 13.1 Å². The van der Waals surface area contributed by atoms with Gasteiger partial charge in [0.25, 0.3) is 0 Å². The van der Waals surface area contributed by atoms with Crippen LogP contribution in [0.5, 0.6) is 0 Å². The number of imidazole rings is 1. The molecule has 3 rings (SSSR count). The van der Waals surface area contributed by atoms with E-state index in [2.05, 4.69) is 32.9 Å². The van der Waals surface area contributed by atoms with Gasteiger partial charge in [-0.1, -0.05) is 13.3 Å². The summed E-state index contributed by atoms with van der Waals surface area (Å²) in [7, 11) is 0. The van der Waals surface area contributed by atoms with Gasteiger partial charge in [0.05, 0.1) is 12.0 Å². The first-order valence-electron chi connectivity index (χ1n) is 8.33. The molecule has 1 N–H and O–H groups in total. The second kappa shape index (κ2) is 6.72. The van der Waals surface area contributed by atoms with Crippen LogP contribution < -0.4 is 5.32 Å². The zero-order valence-corrected chi connectivity index (χ0v) is 12.7. The minimum atomic E-state index is 0.701. The maximum Gasteiger partial charge on any atom is 0.0948 e. The normalized spacial score (nSPS) is 23.4. The monoisotopic (exact) mass is 276 g/mol. The molecule has 1 atom stereocenters. The number of rotatable bonds is 7. The smallest absolute Gasteiger partial charge is 0.0948 e. The first-order valence-corrected chi connectivity index (χ1v) is 8.33. The summed E-state index contributed by atoms with van der Waals surface area (Å²) in [5, 5.41) is 3.69. The van der Waals surface area contributed by atoms with Gasteiger partial charge in [0.1, 0.15) is 0 Å². The van der Waals surface area contributed by atoms with E-state index in [-0.39, 0.29) is 0 Å². The predicted molar refractivity (Wildman–Crippen MR) is 81.6 cm³/mol. The van der Waals surface area contributed by atoms with Crippen LogP contribution in [0.4, 0.5) is 0 Å². The predicted octanol–water partition coefficient (Wildman–Crippen LogP) is 2.40. The third kappa shape index (κ3) is 3.61. The first kappa shape index (κ1) is 14.1. The molecule has 2 aliphatic rings. The molecule has 20 heavy (non-hydrogen) atoms. The molecule has 4 heteroatoms. The maximum absolute atomic E-state index is 4.34. The van der Waals surface area contributed by atoms with Crippen LogP contribution in [0.25, 0.3) is 0 Å². The fourth-order valence-corrected chi connectivity index (χ4v) is 3.28. The first-order chi connectivity index (χ1) is 9.86. The molecule has 1 aliphatic heterocycles. The Morgan fingerprint density at radius 1 is 1.35 bits per heavy atom. The highest BCUT2D eigenvalue weighted by Gasteiger charge is 2.31.